The van der Waals surface area contributed by atoms with Crippen LogP contribution in [-0.2, 0) is 20.4 Å². The van der Waals surface area contributed by atoms with E-state index in [9.17, 15) is 13.2 Å². The number of para-hydroxylation sites is 1. The molecule has 3 rings (SSSR count). The van der Waals surface area contributed by atoms with Gasteiger partial charge in [0, 0.05) is 0 Å². The Balaban J connectivity index is 1.52. The first-order chi connectivity index (χ1) is 13.4. The monoisotopic (exact) mass is 397 g/mol. The van der Waals surface area contributed by atoms with Crippen LogP contribution in [0, 0.1) is 6.92 Å². The fourth-order valence-corrected chi connectivity index (χ4v) is 4.36. The second-order valence-electron chi connectivity index (χ2n) is 6.63. The van der Waals surface area contributed by atoms with Gasteiger partial charge in [0.1, 0.15) is 18.1 Å². The van der Waals surface area contributed by atoms with Gasteiger partial charge in [-0.1, -0.05) is 60.7 Å². The second kappa shape index (κ2) is 8.89. The zero-order valence-corrected chi connectivity index (χ0v) is 16.5. The minimum Gasteiger partial charge on any atom is -0.491 e. The van der Waals surface area contributed by atoms with E-state index < -0.39 is 21.5 Å². The van der Waals surface area contributed by atoms with Gasteiger partial charge in [-0.15, -0.1) is 0 Å². The molecule has 1 amide bonds. The van der Waals surface area contributed by atoms with Crippen molar-refractivity contribution in [2.75, 3.05) is 18.9 Å². The van der Waals surface area contributed by atoms with Crippen molar-refractivity contribution in [1.29, 1.82) is 0 Å². The number of nitrogens with one attached hydrogen (secondary N) is 1. The van der Waals surface area contributed by atoms with Crippen LogP contribution in [-0.4, -0.2) is 33.2 Å². The second-order valence-corrected chi connectivity index (χ2v) is 8.70. The first kappa shape index (κ1) is 19.9. The Morgan fingerprint density at radius 1 is 0.964 bits per heavy atom. The number of hydrogen-bond acceptors (Lipinski definition) is 4. The highest BCUT2D eigenvalue weighted by Crippen LogP contribution is 2.20. The number of fused-ring (bicyclic) bond motifs is 1. The zero-order valence-electron chi connectivity index (χ0n) is 15.7. The molecule has 5 nitrogen and oxygen atoms in total. The van der Waals surface area contributed by atoms with E-state index in [0.29, 0.717) is 5.56 Å². The molecule has 3 aromatic rings. The molecule has 0 aromatic heterocycles. The summed E-state index contributed by atoms with van der Waals surface area (Å²) in [5.74, 6) is -0.476. The fraction of sp³-hybridized carbons (Fsp3) is 0.227. The van der Waals surface area contributed by atoms with Crippen LogP contribution in [0.4, 0.5) is 0 Å². The van der Waals surface area contributed by atoms with Crippen LogP contribution >= 0.6 is 0 Å². The molecule has 28 heavy (non-hydrogen) atoms. The van der Waals surface area contributed by atoms with Gasteiger partial charge in [-0.3, -0.25) is 4.79 Å². The molecule has 0 heterocycles. The average molecular weight is 397 g/mol. The molecule has 1 N–H and O–H groups in total. The molecule has 0 radical (unpaired) electrons. The third-order valence-electron chi connectivity index (χ3n) is 4.38. The first-order valence-electron chi connectivity index (χ1n) is 9.07. The Hall–Kier alpha value is -2.86. The summed E-state index contributed by atoms with van der Waals surface area (Å²) in [5, 5.41) is 4.48. The van der Waals surface area contributed by atoms with E-state index in [4.69, 9.17) is 4.74 Å². The molecule has 0 aliphatic heterocycles. The Bertz CT molecular complexity index is 1070. The van der Waals surface area contributed by atoms with Gasteiger partial charge in [0.25, 0.3) is 0 Å². The maximum Gasteiger partial charge on any atom is 0.235 e. The highest BCUT2D eigenvalue weighted by atomic mass is 32.2. The van der Waals surface area contributed by atoms with Crippen LogP contribution in [0.3, 0.4) is 0 Å². The minimum absolute atomic E-state index is 0.165. The molecular weight excluding hydrogens is 374 g/mol. The molecule has 0 saturated heterocycles. The maximum absolute atomic E-state index is 12.5. The van der Waals surface area contributed by atoms with Crippen LogP contribution in [0.15, 0.2) is 66.7 Å². The highest BCUT2D eigenvalue weighted by Gasteiger charge is 2.18. The topological polar surface area (TPSA) is 72.5 Å². The van der Waals surface area contributed by atoms with E-state index in [1.165, 1.54) is 0 Å². The number of sulfone groups is 1. The molecule has 0 fully saturated rings. The lowest BCUT2D eigenvalue weighted by Gasteiger charge is -2.10. The summed E-state index contributed by atoms with van der Waals surface area (Å²) in [6.45, 7) is 2.46. The lowest BCUT2D eigenvalue weighted by atomic mass is 10.1. The van der Waals surface area contributed by atoms with Crippen molar-refractivity contribution in [1.82, 2.24) is 5.32 Å². The number of ether oxygens (including phenoxy) is 1. The maximum atomic E-state index is 12.5. The van der Waals surface area contributed by atoms with Crippen molar-refractivity contribution < 1.29 is 17.9 Å². The van der Waals surface area contributed by atoms with Crippen molar-refractivity contribution in [3.05, 3.63) is 77.9 Å². The van der Waals surface area contributed by atoms with Crippen LogP contribution in [0.2, 0.25) is 0 Å². The first-order valence-corrected chi connectivity index (χ1v) is 10.9. The molecule has 0 aliphatic rings. The zero-order chi connectivity index (χ0) is 20.0. The van der Waals surface area contributed by atoms with Gasteiger partial charge in [-0.25, -0.2) is 8.42 Å². The molecule has 146 valence electrons. The quantitative estimate of drug-likeness (QED) is 0.592. The van der Waals surface area contributed by atoms with Gasteiger partial charge in [0.2, 0.25) is 5.91 Å². The van der Waals surface area contributed by atoms with Crippen LogP contribution in [0.5, 0.6) is 5.75 Å². The normalized spacial score (nSPS) is 11.3. The van der Waals surface area contributed by atoms with Crippen LogP contribution < -0.4 is 10.1 Å². The third-order valence-corrected chi connectivity index (χ3v) is 5.83. The minimum atomic E-state index is -3.57. The summed E-state index contributed by atoms with van der Waals surface area (Å²) >= 11 is 0. The fourth-order valence-electron chi connectivity index (χ4n) is 3.03. The van der Waals surface area contributed by atoms with E-state index in [1.54, 1.807) is 6.07 Å². The third kappa shape index (κ3) is 5.33. The molecule has 0 atom stereocenters. The summed E-state index contributed by atoms with van der Waals surface area (Å²) in [4.78, 5) is 12.0. The van der Waals surface area contributed by atoms with Crippen molar-refractivity contribution in [3.8, 4) is 5.75 Å². The Kier molecular flexibility index (Phi) is 6.31. The van der Waals surface area contributed by atoms with E-state index in [1.807, 2.05) is 67.6 Å². The van der Waals surface area contributed by atoms with Gasteiger partial charge in [0.05, 0.1) is 12.3 Å². The Morgan fingerprint density at radius 2 is 1.68 bits per heavy atom. The number of carbonyl (C=O) groups is 1. The number of benzene rings is 3. The number of amides is 1. The molecule has 0 aliphatic carbocycles. The molecular formula is C22H23NO4S. The van der Waals surface area contributed by atoms with Crippen molar-refractivity contribution in [2.45, 2.75) is 12.7 Å². The smallest absolute Gasteiger partial charge is 0.235 e. The van der Waals surface area contributed by atoms with Crippen LogP contribution in [0.25, 0.3) is 10.8 Å². The molecule has 0 saturated carbocycles. The van der Waals surface area contributed by atoms with Gasteiger partial charge in [-0.2, -0.15) is 0 Å². The van der Waals surface area contributed by atoms with E-state index in [-0.39, 0.29) is 18.9 Å². The lowest BCUT2D eigenvalue weighted by Crippen LogP contribution is -2.33. The summed E-state index contributed by atoms with van der Waals surface area (Å²) in [7, 11) is -3.57. The predicted molar refractivity (Wildman–Crippen MR) is 111 cm³/mol. The summed E-state index contributed by atoms with van der Waals surface area (Å²) in [6, 6.07) is 20.8. The van der Waals surface area contributed by atoms with Gasteiger partial charge in [0.15, 0.2) is 9.84 Å². The number of hydrogen-bond donors (Lipinski definition) is 1. The van der Waals surface area contributed by atoms with E-state index in [0.717, 1.165) is 22.1 Å². The average Bonchev–Trinajstić information content (AvgIpc) is 2.66. The molecule has 6 heteroatoms. The van der Waals surface area contributed by atoms with Gasteiger partial charge < -0.3 is 10.1 Å². The van der Waals surface area contributed by atoms with Crippen molar-refractivity contribution in [3.63, 3.8) is 0 Å². The van der Waals surface area contributed by atoms with Crippen molar-refractivity contribution in [2.24, 2.45) is 0 Å². The van der Waals surface area contributed by atoms with Crippen molar-refractivity contribution >= 4 is 26.5 Å². The molecule has 0 unspecified atom stereocenters. The number of carbonyl (C=O) groups excluding carboxylic acids is 1. The highest BCUT2D eigenvalue weighted by molar-refractivity contribution is 7.91. The van der Waals surface area contributed by atoms with E-state index in [2.05, 4.69) is 5.32 Å². The number of aryl methyl sites for hydroxylation is 1. The van der Waals surface area contributed by atoms with Crippen LogP contribution in [0.1, 0.15) is 11.1 Å². The molecule has 3 aromatic carbocycles. The summed E-state index contributed by atoms with van der Waals surface area (Å²) in [6.07, 6.45) is 0. The van der Waals surface area contributed by atoms with E-state index >= 15 is 0 Å². The van der Waals surface area contributed by atoms with Gasteiger partial charge >= 0.3 is 0 Å². The number of rotatable bonds is 8. The predicted octanol–water partition coefficient (Wildman–Crippen LogP) is 3.26. The standard InChI is InChI=1S/C22H23NO4S/c1-17-7-2-5-12-21(17)27-14-13-23-22(24)16-28(25,26)15-19-10-6-9-18-8-3-4-11-20(18)19/h2-12H,13-16H2,1H3,(H,23,24). The van der Waals surface area contributed by atoms with Gasteiger partial charge in [-0.05, 0) is 34.9 Å². The Morgan fingerprint density at radius 3 is 2.50 bits per heavy atom. The largest absolute Gasteiger partial charge is 0.491 e. The molecule has 0 spiro atoms. The molecule has 0 bridgehead atoms. The lowest BCUT2D eigenvalue weighted by molar-refractivity contribution is -0.118. The Labute approximate surface area is 165 Å². The summed E-state index contributed by atoms with van der Waals surface area (Å²) in [5.41, 5.74) is 1.71. The summed E-state index contributed by atoms with van der Waals surface area (Å²) < 4.78 is 30.5. The SMILES string of the molecule is Cc1ccccc1OCCNC(=O)CS(=O)(=O)Cc1cccc2ccccc12.